The van der Waals surface area contributed by atoms with Crippen LogP contribution in [0.4, 0.5) is 4.39 Å². The molecule has 1 atom stereocenters. The fraction of sp³-hybridized carbons (Fsp3) is 0.533. The maximum absolute atomic E-state index is 13.8. The summed E-state index contributed by atoms with van der Waals surface area (Å²) in [7, 11) is 0. The van der Waals surface area contributed by atoms with Crippen LogP contribution in [0.1, 0.15) is 44.4 Å². The average molecular weight is 284 g/mol. The minimum atomic E-state index is -1.76. The van der Waals surface area contributed by atoms with E-state index in [1.54, 1.807) is 31.2 Å². The number of halogens is 1. The van der Waals surface area contributed by atoms with Crippen molar-refractivity contribution in [3.8, 4) is 0 Å². The molecule has 0 radical (unpaired) electrons. The summed E-state index contributed by atoms with van der Waals surface area (Å²) in [5.41, 5.74) is 1.05. The highest BCUT2D eigenvalue weighted by Gasteiger charge is 2.21. The molecule has 0 spiro atoms. The number of hydrogen-bond acceptors (Lipinski definition) is 4. The molecule has 0 aromatic heterocycles. The third-order valence-electron chi connectivity index (χ3n) is 2.63. The van der Waals surface area contributed by atoms with Crippen molar-refractivity contribution in [3.63, 3.8) is 0 Å². The van der Waals surface area contributed by atoms with Crippen LogP contribution < -0.4 is 0 Å². The molecule has 0 aliphatic carbocycles. The smallest absolute Gasteiger partial charge is 0.345 e. The molecule has 1 aromatic rings. The van der Waals surface area contributed by atoms with Crippen LogP contribution in [0.25, 0.3) is 0 Å². The van der Waals surface area contributed by atoms with Crippen molar-refractivity contribution in [3.05, 3.63) is 35.4 Å². The van der Waals surface area contributed by atoms with E-state index in [4.69, 9.17) is 9.47 Å². The van der Waals surface area contributed by atoms with Gasteiger partial charge in [-0.15, -0.1) is 0 Å². The van der Waals surface area contributed by atoms with Gasteiger partial charge in [0, 0.05) is 18.8 Å². The van der Waals surface area contributed by atoms with E-state index in [9.17, 15) is 9.18 Å². The molecule has 0 heterocycles. The van der Waals surface area contributed by atoms with Gasteiger partial charge in [0.15, 0.2) is 6.29 Å². The summed E-state index contributed by atoms with van der Waals surface area (Å²) in [4.78, 5) is 11.3. The number of esters is 1. The Morgan fingerprint density at radius 3 is 1.95 bits per heavy atom. The number of carbonyl (C=O) groups is 1. The van der Waals surface area contributed by atoms with Gasteiger partial charge >= 0.3 is 5.97 Å². The Balaban J connectivity index is 2.78. The van der Waals surface area contributed by atoms with Gasteiger partial charge in [-0.1, -0.05) is 24.3 Å². The molecule has 0 bridgehead atoms. The van der Waals surface area contributed by atoms with Gasteiger partial charge in [-0.3, -0.25) is 0 Å². The lowest BCUT2D eigenvalue weighted by Crippen LogP contribution is -2.12. The van der Waals surface area contributed by atoms with Crippen LogP contribution in [-0.2, 0) is 19.0 Å². The van der Waals surface area contributed by atoms with Gasteiger partial charge in [-0.05, 0) is 26.3 Å². The Morgan fingerprint density at radius 2 is 1.50 bits per heavy atom. The van der Waals surface area contributed by atoms with Crippen molar-refractivity contribution in [1.82, 2.24) is 0 Å². The van der Waals surface area contributed by atoms with Crippen molar-refractivity contribution >= 4 is 5.97 Å². The third kappa shape index (κ3) is 4.58. The lowest BCUT2D eigenvalue weighted by atomic mass is 10.1. The second-order valence-electron chi connectivity index (χ2n) is 4.02. The summed E-state index contributed by atoms with van der Waals surface area (Å²) in [5, 5.41) is 0. The summed E-state index contributed by atoms with van der Waals surface area (Å²) in [6.07, 6.45) is -2.23. The molecule has 0 amide bonds. The quantitative estimate of drug-likeness (QED) is 0.542. The first-order chi connectivity index (χ1) is 9.63. The van der Waals surface area contributed by atoms with E-state index in [1.807, 2.05) is 13.8 Å². The number of rotatable bonds is 8. The number of alkyl halides is 1. The SMILES string of the molecule is CCOC(=O)C(F)c1ccc(C(OCC)OCC)cc1. The number of ether oxygens (including phenoxy) is 3. The van der Waals surface area contributed by atoms with Crippen LogP contribution in [0.2, 0.25) is 0 Å². The maximum atomic E-state index is 13.8. The number of benzene rings is 1. The summed E-state index contributed by atoms with van der Waals surface area (Å²) in [6, 6.07) is 6.47. The summed E-state index contributed by atoms with van der Waals surface area (Å²) in [5.74, 6) is -0.869. The van der Waals surface area contributed by atoms with Crippen LogP contribution in [0.3, 0.4) is 0 Å². The standard InChI is InChI=1S/C15H21FO4/c1-4-18-14(17)13(16)11-7-9-12(10-8-11)15(19-5-2)20-6-3/h7-10,13,15H,4-6H2,1-3H3. The Hall–Kier alpha value is -1.46. The first-order valence-corrected chi connectivity index (χ1v) is 6.77. The fourth-order valence-corrected chi connectivity index (χ4v) is 1.72. The first kappa shape index (κ1) is 16.6. The molecule has 0 fully saturated rings. The van der Waals surface area contributed by atoms with Crippen molar-refractivity contribution in [2.24, 2.45) is 0 Å². The summed E-state index contributed by atoms with van der Waals surface area (Å²) < 4.78 is 29.4. The highest BCUT2D eigenvalue weighted by Crippen LogP contribution is 2.24. The lowest BCUT2D eigenvalue weighted by molar-refractivity contribution is -0.149. The zero-order valence-electron chi connectivity index (χ0n) is 12.1. The van der Waals surface area contributed by atoms with Gasteiger partial charge in [-0.2, -0.15) is 0 Å². The maximum Gasteiger partial charge on any atom is 0.345 e. The van der Waals surface area contributed by atoms with Crippen molar-refractivity contribution in [2.75, 3.05) is 19.8 Å². The Morgan fingerprint density at radius 1 is 1.00 bits per heavy atom. The minimum absolute atomic E-state index is 0.161. The van der Waals surface area contributed by atoms with E-state index in [1.165, 1.54) is 0 Å². The second kappa shape index (κ2) is 8.66. The fourth-order valence-electron chi connectivity index (χ4n) is 1.72. The number of hydrogen-bond donors (Lipinski definition) is 0. The van der Waals surface area contributed by atoms with Crippen LogP contribution in [0, 0.1) is 0 Å². The van der Waals surface area contributed by atoms with Crippen molar-refractivity contribution < 1.29 is 23.4 Å². The van der Waals surface area contributed by atoms with E-state index in [0.717, 1.165) is 5.56 Å². The Bertz CT molecular complexity index is 399. The highest BCUT2D eigenvalue weighted by atomic mass is 19.1. The molecule has 5 heteroatoms. The molecule has 20 heavy (non-hydrogen) atoms. The second-order valence-corrected chi connectivity index (χ2v) is 4.02. The zero-order chi connectivity index (χ0) is 15.0. The average Bonchev–Trinajstić information content (AvgIpc) is 2.47. The van der Waals surface area contributed by atoms with Crippen LogP contribution in [-0.4, -0.2) is 25.8 Å². The predicted octanol–water partition coefficient (Wildman–Crippen LogP) is 3.33. The Labute approximate surface area is 118 Å². The molecule has 0 N–H and O–H groups in total. The largest absolute Gasteiger partial charge is 0.464 e. The zero-order valence-corrected chi connectivity index (χ0v) is 12.1. The molecular weight excluding hydrogens is 263 g/mol. The van der Waals surface area contributed by atoms with E-state index in [2.05, 4.69) is 4.74 Å². The van der Waals surface area contributed by atoms with E-state index in [0.29, 0.717) is 13.2 Å². The molecule has 0 saturated carbocycles. The highest BCUT2D eigenvalue weighted by molar-refractivity contribution is 5.76. The summed E-state index contributed by atoms with van der Waals surface area (Å²) >= 11 is 0. The molecule has 1 rings (SSSR count). The molecule has 0 aliphatic rings. The topological polar surface area (TPSA) is 44.8 Å². The molecular formula is C15H21FO4. The molecule has 112 valence electrons. The van der Waals surface area contributed by atoms with Gasteiger partial charge < -0.3 is 14.2 Å². The molecule has 0 aliphatic heterocycles. The molecule has 1 unspecified atom stereocenters. The molecule has 0 saturated heterocycles. The molecule has 1 aromatic carbocycles. The molecule has 4 nitrogen and oxygen atoms in total. The van der Waals surface area contributed by atoms with E-state index in [-0.39, 0.29) is 12.2 Å². The monoisotopic (exact) mass is 284 g/mol. The van der Waals surface area contributed by atoms with E-state index < -0.39 is 18.4 Å². The van der Waals surface area contributed by atoms with Crippen molar-refractivity contribution in [1.29, 1.82) is 0 Å². The lowest BCUT2D eigenvalue weighted by Gasteiger charge is -2.17. The Kier molecular flexibility index (Phi) is 7.18. The van der Waals surface area contributed by atoms with Gasteiger partial charge in [0.2, 0.25) is 6.17 Å². The normalized spacial score (nSPS) is 12.4. The third-order valence-corrected chi connectivity index (χ3v) is 2.63. The van der Waals surface area contributed by atoms with Gasteiger partial charge in [-0.25, -0.2) is 9.18 Å². The van der Waals surface area contributed by atoms with Crippen molar-refractivity contribution in [2.45, 2.75) is 33.2 Å². The van der Waals surface area contributed by atoms with Gasteiger partial charge in [0.1, 0.15) is 0 Å². The first-order valence-electron chi connectivity index (χ1n) is 6.77. The van der Waals surface area contributed by atoms with Gasteiger partial charge in [0.25, 0.3) is 0 Å². The van der Waals surface area contributed by atoms with Crippen LogP contribution in [0.5, 0.6) is 0 Å². The van der Waals surface area contributed by atoms with Crippen LogP contribution in [0.15, 0.2) is 24.3 Å². The van der Waals surface area contributed by atoms with Crippen LogP contribution >= 0.6 is 0 Å². The van der Waals surface area contributed by atoms with E-state index >= 15 is 0 Å². The van der Waals surface area contributed by atoms with Gasteiger partial charge in [0.05, 0.1) is 6.61 Å². The number of carbonyl (C=O) groups excluding carboxylic acids is 1. The summed E-state index contributed by atoms with van der Waals surface area (Å²) in [6.45, 7) is 6.58. The minimum Gasteiger partial charge on any atom is -0.464 e. The predicted molar refractivity (Wildman–Crippen MR) is 72.9 cm³/mol.